The molecule has 2 unspecified atom stereocenters. The third kappa shape index (κ3) is 2.04. The van der Waals surface area contributed by atoms with Crippen LogP contribution < -0.4 is 5.73 Å². The Kier molecular flexibility index (Phi) is 3.05. The van der Waals surface area contributed by atoms with Crippen molar-refractivity contribution in [3.05, 3.63) is 11.4 Å². The van der Waals surface area contributed by atoms with Crippen LogP contribution in [0.3, 0.4) is 0 Å². The topological polar surface area (TPSA) is 56.7 Å². The van der Waals surface area contributed by atoms with Crippen LogP contribution >= 0.6 is 0 Å². The Hall–Kier alpha value is -0.900. The first-order valence-electron chi connectivity index (χ1n) is 5.91. The van der Waals surface area contributed by atoms with Crippen molar-refractivity contribution < 1.29 is 0 Å². The SMILES string of the molecule is CCCc1c(CCN)nnn1C1CC1C. The fraction of sp³-hybridized carbons (Fsp3) is 0.818. The van der Waals surface area contributed by atoms with Gasteiger partial charge < -0.3 is 5.73 Å². The van der Waals surface area contributed by atoms with Gasteiger partial charge in [0.2, 0.25) is 0 Å². The molecule has 1 aromatic rings. The molecule has 2 atom stereocenters. The lowest BCUT2D eigenvalue weighted by atomic mass is 10.1. The van der Waals surface area contributed by atoms with Crippen molar-refractivity contribution in [1.29, 1.82) is 0 Å². The summed E-state index contributed by atoms with van der Waals surface area (Å²) in [5, 5.41) is 8.53. The van der Waals surface area contributed by atoms with E-state index < -0.39 is 0 Å². The summed E-state index contributed by atoms with van der Waals surface area (Å²) < 4.78 is 2.14. The van der Waals surface area contributed by atoms with Crippen molar-refractivity contribution in [2.75, 3.05) is 6.54 Å². The molecule has 0 radical (unpaired) electrons. The summed E-state index contributed by atoms with van der Waals surface area (Å²) in [4.78, 5) is 0. The highest BCUT2D eigenvalue weighted by Crippen LogP contribution is 2.43. The maximum Gasteiger partial charge on any atom is 0.0871 e. The van der Waals surface area contributed by atoms with Crippen LogP contribution in [0.2, 0.25) is 0 Å². The molecule has 1 saturated carbocycles. The second-order valence-electron chi connectivity index (χ2n) is 4.50. The molecule has 2 rings (SSSR count). The van der Waals surface area contributed by atoms with E-state index in [2.05, 4.69) is 28.8 Å². The lowest BCUT2D eigenvalue weighted by Gasteiger charge is -2.05. The second-order valence-corrected chi connectivity index (χ2v) is 4.50. The predicted octanol–water partition coefficient (Wildman–Crippen LogP) is 1.31. The van der Waals surface area contributed by atoms with E-state index in [9.17, 15) is 0 Å². The molecule has 84 valence electrons. The normalized spacial score (nSPS) is 24.5. The van der Waals surface area contributed by atoms with E-state index in [0.29, 0.717) is 12.6 Å². The Bertz CT molecular complexity index is 331. The average Bonchev–Trinajstić information content (AvgIpc) is 2.80. The van der Waals surface area contributed by atoms with Crippen molar-refractivity contribution in [3.8, 4) is 0 Å². The first kappa shape index (κ1) is 10.6. The zero-order chi connectivity index (χ0) is 10.8. The van der Waals surface area contributed by atoms with Gasteiger partial charge in [0, 0.05) is 6.42 Å². The number of nitrogens with zero attached hydrogens (tertiary/aromatic N) is 3. The van der Waals surface area contributed by atoms with Crippen molar-refractivity contribution in [1.82, 2.24) is 15.0 Å². The molecular weight excluding hydrogens is 188 g/mol. The standard InChI is InChI=1S/C11H20N4/c1-3-4-10-9(5-6-12)13-14-15(10)11-7-8(11)2/h8,11H,3-7,12H2,1-2H3. The van der Waals surface area contributed by atoms with E-state index in [4.69, 9.17) is 5.73 Å². The number of rotatable bonds is 5. The van der Waals surface area contributed by atoms with Crippen molar-refractivity contribution in [3.63, 3.8) is 0 Å². The highest BCUT2D eigenvalue weighted by Gasteiger charge is 2.37. The quantitative estimate of drug-likeness (QED) is 0.793. The van der Waals surface area contributed by atoms with Crippen LogP contribution in [-0.4, -0.2) is 21.5 Å². The van der Waals surface area contributed by atoms with Gasteiger partial charge in [-0.2, -0.15) is 0 Å². The molecule has 0 saturated heterocycles. The molecule has 1 fully saturated rings. The number of hydrogen-bond acceptors (Lipinski definition) is 3. The van der Waals surface area contributed by atoms with Crippen LogP contribution in [-0.2, 0) is 12.8 Å². The smallest absolute Gasteiger partial charge is 0.0871 e. The highest BCUT2D eigenvalue weighted by atomic mass is 15.5. The lowest BCUT2D eigenvalue weighted by Crippen LogP contribution is -2.08. The molecule has 0 aromatic carbocycles. The zero-order valence-corrected chi connectivity index (χ0v) is 9.61. The molecule has 0 spiro atoms. The lowest BCUT2D eigenvalue weighted by molar-refractivity contribution is 0.552. The maximum absolute atomic E-state index is 5.58. The van der Waals surface area contributed by atoms with Gasteiger partial charge in [-0.25, -0.2) is 4.68 Å². The van der Waals surface area contributed by atoms with E-state index in [1.807, 2.05) is 0 Å². The van der Waals surface area contributed by atoms with Gasteiger partial charge >= 0.3 is 0 Å². The van der Waals surface area contributed by atoms with E-state index in [1.54, 1.807) is 0 Å². The Morgan fingerprint density at radius 3 is 2.73 bits per heavy atom. The van der Waals surface area contributed by atoms with E-state index in [-0.39, 0.29) is 0 Å². The first-order valence-corrected chi connectivity index (χ1v) is 5.91. The van der Waals surface area contributed by atoms with E-state index >= 15 is 0 Å². The first-order chi connectivity index (χ1) is 7.27. The summed E-state index contributed by atoms with van der Waals surface area (Å²) in [7, 11) is 0. The Labute approximate surface area is 90.8 Å². The molecule has 0 amide bonds. The highest BCUT2D eigenvalue weighted by molar-refractivity contribution is 5.13. The molecule has 1 aliphatic carbocycles. The largest absolute Gasteiger partial charge is 0.330 e. The Morgan fingerprint density at radius 2 is 2.20 bits per heavy atom. The average molecular weight is 208 g/mol. The molecule has 4 heteroatoms. The van der Waals surface area contributed by atoms with Gasteiger partial charge in [0.25, 0.3) is 0 Å². The molecule has 0 aliphatic heterocycles. The molecular formula is C11H20N4. The minimum atomic E-state index is 0.602. The minimum absolute atomic E-state index is 0.602. The summed E-state index contributed by atoms with van der Waals surface area (Å²) in [6.45, 7) is 5.13. The van der Waals surface area contributed by atoms with Gasteiger partial charge in [0.1, 0.15) is 0 Å². The van der Waals surface area contributed by atoms with E-state index in [1.165, 1.54) is 12.1 Å². The maximum atomic E-state index is 5.58. The number of nitrogens with two attached hydrogens (primary N) is 1. The Balaban J connectivity index is 2.21. The number of hydrogen-bond donors (Lipinski definition) is 1. The predicted molar refractivity (Wildman–Crippen MR) is 59.6 cm³/mol. The van der Waals surface area contributed by atoms with E-state index in [0.717, 1.165) is 30.9 Å². The van der Waals surface area contributed by atoms with Crippen LogP contribution in [0, 0.1) is 5.92 Å². The third-order valence-corrected chi connectivity index (χ3v) is 3.12. The molecule has 1 aliphatic rings. The van der Waals surface area contributed by atoms with Gasteiger partial charge in [0.15, 0.2) is 0 Å². The summed E-state index contributed by atoms with van der Waals surface area (Å²) in [6, 6.07) is 0.602. The van der Waals surface area contributed by atoms with Crippen molar-refractivity contribution in [2.45, 2.75) is 45.6 Å². The molecule has 0 bridgehead atoms. The monoisotopic (exact) mass is 208 g/mol. The fourth-order valence-electron chi connectivity index (χ4n) is 2.08. The van der Waals surface area contributed by atoms with Crippen LogP contribution in [0.5, 0.6) is 0 Å². The fourth-order valence-corrected chi connectivity index (χ4v) is 2.08. The molecule has 1 aromatic heterocycles. The summed E-state index contributed by atoms with van der Waals surface area (Å²) in [5.74, 6) is 0.771. The molecule has 15 heavy (non-hydrogen) atoms. The van der Waals surface area contributed by atoms with Gasteiger partial charge in [0.05, 0.1) is 17.4 Å². The molecule has 1 heterocycles. The second kappa shape index (κ2) is 4.31. The van der Waals surface area contributed by atoms with Gasteiger partial charge in [-0.3, -0.25) is 0 Å². The summed E-state index contributed by atoms with van der Waals surface area (Å²) in [5.41, 5.74) is 8.00. The van der Waals surface area contributed by atoms with Crippen LogP contribution in [0.4, 0.5) is 0 Å². The van der Waals surface area contributed by atoms with Crippen LogP contribution in [0.25, 0.3) is 0 Å². The zero-order valence-electron chi connectivity index (χ0n) is 9.61. The van der Waals surface area contributed by atoms with Gasteiger partial charge in [-0.15, -0.1) is 5.10 Å². The van der Waals surface area contributed by atoms with Gasteiger partial charge in [-0.05, 0) is 25.3 Å². The summed E-state index contributed by atoms with van der Waals surface area (Å²) in [6.07, 6.45) is 4.33. The molecule has 4 nitrogen and oxygen atoms in total. The Morgan fingerprint density at radius 1 is 1.47 bits per heavy atom. The third-order valence-electron chi connectivity index (χ3n) is 3.12. The minimum Gasteiger partial charge on any atom is -0.330 e. The summed E-state index contributed by atoms with van der Waals surface area (Å²) >= 11 is 0. The van der Waals surface area contributed by atoms with Gasteiger partial charge in [-0.1, -0.05) is 25.5 Å². The number of aromatic nitrogens is 3. The molecule has 2 N–H and O–H groups in total. The van der Waals surface area contributed by atoms with Crippen molar-refractivity contribution in [2.24, 2.45) is 11.7 Å². The van der Waals surface area contributed by atoms with Crippen LogP contribution in [0.1, 0.15) is 44.1 Å². The van der Waals surface area contributed by atoms with Crippen molar-refractivity contribution >= 4 is 0 Å². The van der Waals surface area contributed by atoms with Crippen LogP contribution in [0.15, 0.2) is 0 Å².